The van der Waals surface area contributed by atoms with Crippen molar-refractivity contribution in [3.05, 3.63) is 52.2 Å². The first kappa shape index (κ1) is 18.6. The number of aromatic nitrogens is 2. The summed E-state index contributed by atoms with van der Waals surface area (Å²) in [6, 6.07) is 10.2. The molecule has 2 heterocycles. The zero-order valence-corrected chi connectivity index (χ0v) is 16.8. The summed E-state index contributed by atoms with van der Waals surface area (Å²) in [7, 11) is 0. The fourth-order valence-electron chi connectivity index (χ4n) is 3.53. The van der Waals surface area contributed by atoms with Crippen LogP contribution in [0.5, 0.6) is 0 Å². The molecular formula is C22H24N4OS. The van der Waals surface area contributed by atoms with Gasteiger partial charge in [0.25, 0.3) is 0 Å². The number of anilines is 1. The van der Waals surface area contributed by atoms with Gasteiger partial charge >= 0.3 is 0 Å². The average Bonchev–Trinajstić information content (AvgIpc) is 3.09. The van der Waals surface area contributed by atoms with Crippen LogP contribution in [0, 0.1) is 0 Å². The van der Waals surface area contributed by atoms with E-state index < -0.39 is 0 Å². The van der Waals surface area contributed by atoms with Crippen LogP contribution in [-0.2, 0) is 17.6 Å². The third-order valence-electron chi connectivity index (χ3n) is 4.85. The fraction of sp³-hybridized carbons (Fsp3) is 0.318. The molecule has 5 nitrogen and oxygen atoms in total. The SMILES string of the molecule is CC(=O)NCCNc1nc(/C=C/c2ccccc2)nc2sc3c(c12)CCCC3. The molecule has 1 amide bonds. The highest BCUT2D eigenvalue weighted by atomic mass is 32.1. The summed E-state index contributed by atoms with van der Waals surface area (Å²) in [5.74, 6) is 1.56. The summed E-state index contributed by atoms with van der Waals surface area (Å²) in [5.41, 5.74) is 2.53. The number of carbonyl (C=O) groups is 1. The van der Waals surface area contributed by atoms with E-state index in [1.54, 1.807) is 11.3 Å². The lowest BCUT2D eigenvalue weighted by Crippen LogP contribution is -2.26. The van der Waals surface area contributed by atoms with Crippen LogP contribution in [-0.4, -0.2) is 29.0 Å². The number of thiophene rings is 1. The molecule has 0 unspecified atom stereocenters. The topological polar surface area (TPSA) is 66.9 Å². The van der Waals surface area contributed by atoms with Gasteiger partial charge in [-0.15, -0.1) is 11.3 Å². The molecule has 3 aromatic rings. The highest BCUT2D eigenvalue weighted by Gasteiger charge is 2.20. The highest BCUT2D eigenvalue weighted by Crippen LogP contribution is 2.38. The lowest BCUT2D eigenvalue weighted by molar-refractivity contribution is -0.118. The lowest BCUT2D eigenvalue weighted by Gasteiger charge is -2.13. The molecule has 2 aromatic heterocycles. The van der Waals surface area contributed by atoms with E-state index >= 15 is 0 Å². The van der Waals surface area contributed by atoms with Gasteiger partial charge < -0.3 is 10.6 Å². The minimum absolute atomic E-state index is 0.0194. The third-order valence-corrected chi connectivity index (χ3v) is 6.03. The van der Waals surface area contributed by atoms with Crippen molar-refractivity contribution < 1.29 is 4.79 Å². The van der Waals surface area contributed by atoms with Crippen molar-refractivity contribution in [2.75, 3.05) is 18.4 Å². The standard InChI is InChI=1S/C22H24N4OS/c1-15(27)23-13-14-24-21-20-17-9-5-6-10-18(17)28-22(20)26-19(25-21)12-11-16-7-3-2-4-8-16/h2-4,7-8,11-12H,5-6,9-10,13-14H2,1H3,(H,23,27)(H,24,25,26)/b12-11+. The van der Waals surface area contributed by atoms with Gasteiger partial charge in [0.15, 0.2) is 5.82 Å². The van der Waals surface area contributed by atoms with E-state index in [4.69, 9.17) is 9.97 Å². The normalized spacial score (nSPS) is 13.6. The number of hydrogen-bond donors (Lipinski definition) is 2. The highest BCUT2D eigenvalue weighted by molar-refractivity contribution is 7.19. The van der Waals surface area contributed by atoms with E-state index in [1.807, 2.05) is 30.4 Å². The van der Waals surface area contributed by atoms with Crippen molar-refractivity contribution in [2.24, 2.45) is 0 Å². The zero-order chi connectivity index (χ0) is 19.3. The van der Waals surface area contributed by atoms with Gasteiger partial charge in [-0.1, -0.05) is 36.4 Å². The number of amides is 1. The van der Waals surface area contributed by atoms with E-state index in [-0.39, 0.29) is 5.91 Å². The molecule has 1 aromatic carbocycles. The Bertz CT molecular complexity index is 1010. The first-order valence-electron chi connectivity index (χ1n) is 9.74. The van der Waals surface area contributed by atoms with Crippen molar-refractivity contribution in [3.8, 4) is 0 Å². The largest absolute Gasteiger partial charge is 0.368 e. The van der Waals surface area contributed by atoms with Crippen molar-refractivity contribution in [1.82, 2.24) is 15.3 Å². The monoisotopic (exact) mass is 392 g/mol. The van der Waals surface area contributed by atoms with Crippen LogP contribution in [0.3, 0.4) is 0 Å². The number of rotatable bonds is 6. The van der Waals surface area contributed by atoms with Crippen molar-refractivity contribution >= 4 is 45.4 Å². The predicted octanol–water partition coefficient (Wildman–Crippen LogP) is 4.29. The molecule has 2 N–H and O–H groups in total. The third kappa shape index (κ3) is 4.22. The molecule has 6 heteroatoms. The average molecular weight is 393 g/mol. The van der Waals surface area contributed by atoms with Gasteiger partial charge in [-0.05, 0) is 42.9 Å². The minimum atomic E-state index is -0.0194. The second-order valence-corrected chi connectivity index (χ2v) is 8.06. The molecule has 0 saturated heterocycles. The Kier molecular flexibility index (Phi) is 5.67. The van der Waals surface area contributed by atoms with Crippen molar-refractivity contribution in [1.29, 1.82) is 0 Å². The van der Waals surface area contributed by atoms with E-state index in [0.717, 1.165) is 29.1 Å². The van der Waals surface area contributed by atoms with Crippen LogP contribution < -0.4 is 10.6 Å². The number of benzene rings is 1. The number of nitrogens with one attached hydrogen (secondary N) is 2. The Hall–Kier alpha value is -2.73. The van der Waals surface area contributed by atoms with Gasteiger partial charge in [0, 0.05) is 24.9 Å². The summed E-state index contributed by atoms with van der Waals surface area (Å²) in [4.78, 5) is 23.2. The van der Waals surface area contributed by atoms with Crippen LogP contribution in [0.25, 0.3) is 22.4 Å². The Balaban J connectivity index is 1.67. The van der Waals surface area contributed by atoms with Gasteiger partial charge in [-0.3, -0.25) is 4.79 Å². The number of hydrogen-bond acceptors (Lipinski definition) is 5. The Morgan fingerprint density at radius 3 is 2.75 bits per heavy atom. The maximum absolute atomic E-state index is 11.1. The second kappa shape index (κ2) is 8.52. The van der Waals surface area contributed by atoms with Crippen LogP contribution in [0.15, 0.2) is 30.3 Å². The molecule has 0 fully saturated rings. The van der Waals surface area contributed by atoms with Crippen molar-refractivity contribution in [2.45, 2.75) is 32.6 Å². The van der Waals surface area contributed by atoms with E-state index in [9.17, 15) is 4.79 Å². The Labute approximate surface area is 168 Å². The van der Waals surface area contributed by atoms with Crippen molar-refractivity contribution in [3.63, 3.8) is 0 Å². The number of fused-ring (bicyclic) bond motifs is 3. The van der Waals surface area contributed by atoms with Gasteiger partial charge in [0.1, 0.15) is 10.6 Å². The Morgan fingerprint density at radius 1 is 1.11 bits per heavy atom. The maximum Gasteiger partial charge on any atom is 0.216 e. The molecule has 0 radical (unpaired) electrons. The lowest BCUT2D eigenvalue weighted by atomic mass is 9.97. The molecule has 28 heavy (non-hydrogen) atoms. The quantitative estimate of drug-likeness (QED) is 0.614. The number of aryl methyl sites for hydroxylation is 2. The molecule has 0 atom stereocenters. The number of nitrogens with zero attached hydrogens (tertiary/aromatic N) is 2. The van der Waals surface area contributed by atoms with Gasteiger partial charge in [-0.2, -0.15) is 0 Å². The van der Waals surface area contributed by atoms with Crippen LogP contribution in [0.4, 0.5) is 5.82 Å². The zero-order valence-electron chi connectivity index (χ0n) is 16.0. The molecule has 1 aliphatic carbocycles. The summed E-state index contributed by atoms with van der Waals surface area (Å²) in [6.07, 6.45) is 8.70. The van der Waals surface area contributed by atoms with Gasteiger partial charge in [-0.25, -0.2) is 9.97 Å². The summed E-state index contributed by atoms with van der Waals surface area (Å²) in [5, 5.41) is 7.42. The first-order chi connectivity index (χ1) is 13.7. The smallest absolute Gasteiger partial charge is 0.216 e. The Morgan fingerprint density at radius 2 is 1.93 bits per heavy atom. The second-order valence-electron chi connectivity index (χ2n) is 6.98. The molecular weight excluding hydrogens is 368 g/mol. The minimum Gasteiger partial charge on any atom is -0.368 e. The van der Waals surface area contributed by atoms with E-state index in [0.29, 0.717) is 18.9 Å². The van der Waals surface area contributed by atoms with Crippen LogP contribution in [0.1, 0.15) is 41.6 Å². The molecule has 0 saturated carbocycles. The molecule has 1 aliphatic rings. The summed E-state index contributed by atoms with van der Waals surface area (Å²) >= 11 is 1.80. The molecule has 0 spiro atoms. The molecule has 0 bridgehead atoms. The predicted molar refractivity (Wildman–Crippen MR) is 117 cm³/mol. The number of carbonyl (C=O) groups excluding carboxylic acids is 1. The van der Waals surface area contributed by atoms with E-state index in [2.05, 4.69) is 22.8 Å². The fourth-order valence-corrected chi connectivity index (χ4v) is 4.80. The van der Waals surface area contributed by atoms with E-state index in [1.165, 1.54) is 35.6 Å². The summed E-state index contributed by atoms with van der Waals surface area (Å²) in [6.45, 7) is 2.74. The first-order valence-corrected chi connectivity index (χ1v) is 10.6. The van der Waals surface area contributed by atoms with Crippen LogP contribution >= 0.6 is 11.3 Å². The summed E-state index contributed by atoms with van der Waals surface area (Å²) < 4.78 is 0. The molecule has 0 aliphatic heterocycles. The van der Waals surface area contributed by atoms with Crippen LogP contribution in [0.2, 0.25) is 0 Å². The molecule has 4 rings (SSSR count). The maximum atomic E-state index is 11.1. The molecule has 144 valence electrons. The van der Waals surface area contributed by atoms with Gasteiger partial charge in [0.05, 0.1) is 5.39 Å². The van der Waals surface area contributed by atoms with Gasteiger partial charge in [0.2, 0.25) is 5.91 Å².